The van der Waals surface area contributed by atoms with Crippen LogP contribution in [0.4, 0.5) is 11.4 Å². The van der Waals surface area contributed by atoms with Crippen LogP contribution in [0.15, 0.2) is 30.3 Å². The van der Waals surface area contributed by atoms with Gasteiger partial charge >= 0.3 is 0 Å². The molecule has 1 aromatic carbocycles. The van der Waals surface area contributed by atoms with Gasteiger partial charge in [0.25, 0.3) is 11.6 Å². The van der Waals surface area contributed by atoms with Crippen molar-refractivity contribution in [1.82, 2.24) is 0 Å². The second-order valence-electron chi connectivity index (χ2n) is 5.67. The molecule has 0 saturated heterocycles. The molecule has 6 heteroatoms. The minimum absolute atomic E-state index is 0.0305. The molecule has 1 N–H and O–H groups in total. The molecule has 0 spiro atoms. The van der Waals surface area contributed by atoms with Crippen molar-refractivity contribution in [3.05, 3.63) is 55.8 Å². The van der Waals surface area contributed by atoms with E-state index >= 15 is 0 Å². The highest BCUT2D eigenvalue weighted by molar-refractivity contribution is 7.14. The van der Waals surface area contributed by atoms with E-state index in [9.17, 15) is 14.9 Å². The number of carbonyl (C=O) groups is 1. The first-order valence-corrected chi connectivity index (χ1v) is 8.02. The Morgan fingerprint density at radius 1 is 1.41 bits per heavy atom. The van der Waals surface area contributed by atoms with Gasteiger partial charge in [-0.15, -0.1) is 11.3 Å². The van der Waals surface area contributed by atoms with E-state index in [1.807, 2.05) is 6.07 Å². The first-order valence-electron chi connectivity index (χ1n) is 7.20. The predicted octanol–water partition coefficient (Wildman–Crippen LogP) is 4.03. The van der Waals surface area contributed by atoms with Crippen molar-refractivity contribution in [2.75, 3.05) is 5.32 Å². The molecule has 1 amide bonds. The van der Waals surface area contributed by atoms with Crippen LogP contribution in [0.3, 0.4) is 0 Å². The maximum Gasteiger partial charge on any atom is 0.271 e. The molecule has 0 unspecified atom stereocenters. The minimum Gasteiger partial charge on any atom is -0.321 e. The third-order valence-corrected chi connectivity index (χ3v) is 5.10. The summed E-state index contributed by atoms with van der Waals surface area (Å²) in [6, 6.07) is 7.95. The molecular weight excluding hydrogens is 300 g/mol. The quantitative estimate of drug-likeness (QED) is 0.686. The number of hydrogen-bond acceptors (Lipinski definition) is 4. The standard InChI is InChI=1S/C16H16N2O3S/c1-10-5-6-14-11(7-10)8-15(22-14)16(19)17-12-3-2-4-13(9-12)18(20)21/h2-4,8-10H,5-7H2,1H3,(H,17,19)/t10-/m0/s1. The molecule has 1 atom stereocenters. The monoisotopic (exact) mass is 316 g/mol. The van der Waals surface area contributed by atoms with Gasteiger partial charge in [0, 0.05) is 22.7 Å². The van der Waals surface area contributed by atoms with E-state index in [1.165, 1.54) is 40.3 Å². The largest absolute Gasteiger partial charge is 0.321 e. The van der Waals surface area contributed by atoms with Gasteiger partial charge in [0.15, 0.2) is 0 Å². The number of benzene rings is 1. The van der Waals surface area contributed by atoms with Crippen molar-refractivity contribution in [2.24, 2.45) is 5.92 Å². The average Bonchev–Trinajstić information content (AvgIpc) is 2.90. The summed E-state index contributed by atoms with van der Waals surface area (Å²) >= 11 is 1.53. The van der Waals surface area contributed by atoms with Crippen molar-refractivity contribution in [2.45, 2.75) is 26.2 Å². The molecule has 22 heavy (non-hydrogen) atoms. The molecule has 5 nitrogen and oxygen atoms in total. The van der Waals surface area contributed by atoms with Gasteiger partial charge in [-0.25, -0.2) is 0 Å². The fourth-order valence-electron chi connectivity index (χ4n) is 2.71. The van der Waals surface area contributed by atoms with Crippen LogP contribution < -0.4 is 5.32 Å². The molecule has 1 aliphatic rings. The molecule has 0 bridgehead atoms. The molecule has 1 heterocycles. The van der Waals surface area contributed by atoms with Crippen LogP contribution in [0.2, 0.25) is 0 Å². The number of rotatable bonds is 3. The van der Waals surface area contributed by atoms with Crippen LogP contribution in [0.5, 0.6) is 0 Å². The zero-order valence-electron chi connectivity index (χ0n) is 12.2. The van der Waals surface area contributed by atoms with E-state index in [0.717, 1.165) is 12.8 Å². The summed E-state index contributed by atoms with van der Waals surface area (Å²) in [5.41, 5.74) is 1.68. The summed E-state index contributed by atoms with van der Waals surface area (Å²) < 4.78 is 0. The summed E-state index contributed by atoms with van der Waals surface area (Å²) in [5, 5.41) is 13.5. The molecular formula is C16H16N2O3S. The van der Waals surface area contributed by atoms with Crippen molar-refractivity contribution >= 4 is 28.6 Å². The highest BCUT2D eigenvalue weighted by Crippen LogP contribution is 2.32. The van der Waals surface area contributed by atoms with Gasteiger partial charge < -0.3 is 5.32 Å². The molecule has 2 aromatic rings. The smallest absolute Gasteiger partial charge is 0.271 e. The Morgan fingerprint density at radius 3 is 3.00 bits per heavy atom. The molecule has 1 aromatic heterocycles. The van der Waals surface area contributed by atoms with E-state index < -0.39 is 4.92 Å². The lowest BCUT2D eigenvalue weighted by molar-refractivity contribution is -0.384. The van der Waals surface area contributed by atoms with Crippen molar-refractivity contribution in [3.8, 4) is 0 Å². The fourth-order valence-corrected chi connectivity index (χ4v) is 3.81. The van der Waals surface area contributed by atoms with Crippen LogP contribution >= 0.6 is 11.3 Å². The summed E-state index contributed by atoms with van der Waals surface area (Å²) in [4.78, 5) is 24.6. The molecule has 0 aliphatic heterocycles. The van der Waals surface area contributed by atoms with E-state index in [1.54, 1.807) is 12.1 Å². The zero-order valence-corrected chi connectivity index (χ0v) is 13.0. The van der Waals surface area contributed by atoms with Gasteiger partial charge in [0.05, 0.1) is 9.80 Å². The van der Waals surface area contributed by atoms with Crippen molar-refractivity contribution in [3.63, 3.8) is 0 Å². The van der Waals surface area contributed by atoms with E-state index in [-0.39, 0.29) is 11.6 Å². The SMILES string of the molecule is C[C@H]1CCc2sc(C(=O)Nc3cccc([N+](=O)[O-])c3)cc2C1. The third kappa shape index (κ3) is 3.01. The summed E-state index contributed by atoms with van der Waals surface area (Å²) in [5.74, 6) is 0.460. The predicted molar refractivity (Wildman–Crippen MR) is 86.6 cm³/mol. The summed E-state index contributed by atoms with van der Waals surface area (Å²) in [6.07, 6.45) is 3.22. The number of nitrogens with one attached hydrogen (secondary N) is 1. The molecule has 1 aliphatic carbocycles. The number of thiophene rings is 1. The van der Waals surface area contributed by atoms with Gasteiger partial charge in [0.1, 0.15) is 0 Å². The van der Waals surface area contributed by atoms with Crippen LogP contribution in [-0.4, -0.2) is 10.8 Å². The third-order valence-electron chi connectivity index (χ3n) is 3.87. The molecule has 0 fully saturated rings. The van der Waals surface area contributed by atoms with E-state index in [2.05, 4.69) is 12.2 Å². The molecule has 0 radical (unpaired) electrons. The number of aryl methyl sites for hydroxylation is 1. The number of nitro benzene ring substituents is 1. The normalized spacial score (nSPS) is 16.9. The van der Waals surface area contributed by atoms with Crippen molar-refractivity contribution < 1.29 is 9.72 Å². The lowest BCUT2D eigenvalue weighted by atomic mass is 9.90. The number of anilines is 1. The Kier molecular flexibility index (Phi) is 3.94. The topological polar surface area (TPSA) is 72.2 Å². The minimum atomic E-state index is -0.471. The van der Waals surface area contributed by atoms with Gasteiger partial charge in [-0.05, 0) is 42.9 Å². The Bertz CT molecular complexity index is 739. The number of nitro groups is 1. The summed E-state index contributed by atoms with van der Waals surface area (Å²) in [6.45, 7) is 2.23. The number of hydrogen-bond donors (Lipinski definition) is 1. The van der Waals surface area contributed by atoms with E-state index in [4.69, 9.17) is 0 Å². The van der Waals surface area contributed by atoms with Gasteiger partial charge in [-0.3, -0.25) is 14.9 Å². The zero-order chi connectivity index (χ0) is 15.7. The summed E-state index contributed by atoms with van der Waals surface area (Å²) in [7, 11) is 0. The highest BCUT2D eigenvalue weighted by Gasteiger charge is 2.21. The van der Waals surface area contributed by atoms with Crippen molar-refractivity contribution in [1.29, 1.82) is 0 Å². The van der Waals surface area contributed by atoms with Gasteiger partial charge in [0.2, 0.25) is 0 Å². The Morgan fingerprint density at radius 2 is 2.23 bits per heavy atom. The highest BCUT2D eigenvalue weighted by atomic mass is 32.1. The van der Waals surface area contributed by atoms with E-state index in [0.29, 0.717) is 16.5 Å². The number of fused-ring (bicyclic) bond motifs is 1. The first-order chi connectivity index (χ1) is 10.5. The Labute approximate surface area is 132 Å². The molecule has 3 rings (SSSR count). The number of carbonyl (C=O) groups excluding carboxylic acids is 1. The Hall–Kier alpha value is -2.21. The first kappa shape index (κ1) is 14.7. The maximum atomic E-state index is 12.3. The average molecular weight is 316 g/mol. The number of nitrogens with zero attached hydrogens (tertiary/aromatic N) is 1. The second-order valence-corrected chi connectivity index (χ2v) is 6.81. The second kappa shape index (κ2) is 5.88. The van der Waals surface area contributed by atoms with Crippen LogP contribution in [0.25, 0.3) is 0 Å². The molecule has 114 valence electrons. The van der Waals surface area contributed by atoms with Crippen LogP contribution in [-0.2, 0) is 12.8 Å². The lowest BCUT2D eigenvalue weighted by Gasteiger charge is -2.16. The fraction of sp³-hybridized carbons (Fsp3) is 0.312. The lowest BCUT2D eigenvalue weighted by Crippen LogP contribution is -2.10. The number of non-ortho nitro benzene ring substituents is 1. The maximum absolute atomic E-state index is 12.3. The van der Waals surface area contributed by atoms with Crippen LogP contribution in [0.1, 0.15) is 33.5 Å². The van der Waals surface area contributed by atoms with Gasteiger partial charge in [-0.1, -0.05) is 13.0 Å². The number of amides is 1. The van der Waals surface area contributed by atoms with Gasteiger partial charge in [-0.2, -0.15) is 0 Å². The Balaban J connectivity index is 1.77. The van der Waals surface area contributed by atoms with Crippen LogP contribution in [0, 0.1) is 16.0 Å². The molecule has 0 saturated carbocycles.